The molecule has 1 atom stereocenters. The highest BCUT2D eigenvalue weighted by Gasteiger charge is 1.99. The smallest absolute Gasteiger partial charge is 0.0622 e. The molecule has 0 aliphatic carbocycles. The Morgan fingerprint density at radius 3 is 2.91 bits per heavy atom. The maximum Gasteiger partial charge on any atom is 0.0622 e. The van der Waals surface area contributed by atoms with Crippen molar-refractivity contribution < 1.29 is 5.11 Å². The van der Waals surface area contributed by atoms with Crippen molar-refractivity contribution in [3.8, 4) is 6.07 Å². The van der Waals surface area contributed by atoms with E-state index in [1.54, 1.807) is 0 Å². The molecule has 0 fully saturated rings. The summed E-state index contributed by atoms with van der Waals surface area (Å²) in [6, 6.07) is 2.11. The van der Waals surface area contributed by atoms with E-state index < -0.39 is 0 Å². The summed E-state index contributed by atoms with van der Waals surface area (Å²) in [6.45, 7) is 2.37. The van der Waals surface area contributed by atoms with Gasteiger partial charge in [-0.25, -0.2) is 0 Å². The van der Waals surface area contributed by atoms with Crippen molar-refractivity contribution in [3.63, 3.8) is 0 Å². The van der Waals surface area contributed by atoms with E-state index in [-0.39, 0.29) is 6.61 Å². The first kappa shape index (κ1) is 10.8. The zero-order chi connectivity index (χ0) is 8.53. The lowest BCUT2D eigenvalue weighted by atomic mass is 10.3. The SMILES string of the molecule is CC(CCO)SCCCC#N. The second kappa shape index (κ2) is 7.90. The van der Waals surface area contributed by atoms with Gasteiger partial charge in [-0.3, -0.25) is 0 Å². The van der Waals surface area contributed by atoms with Crippen molar-refractivity contribution in [2.75, 3.05) is 12.4 Å². The van der Waals surface area contributed by atoms with Crippen LogP contribution in [0.25, 0.3) is 0 Å². The number of aliphatic hydroxyl groups is 1. The van der Waals surface area contributed by atoms with Crippen LogP contribution in [0.3, 0.4) is 0 Å². The third kappa shape index (κ3) is 7.70. The topological polar surface area (TPSA) is 44.0 Å². The minimum atomic E-state index is 0.270. The van der Waals surface area contributed by atoms with Crippen LogP contribution in [0.1, 0.15) is 26.2 Å². The minimum Gasteiger partial charge on any atom is -0.396 e. The summed E-state index contributed by atoms with van der Waals surface area (Å²) in [5.41, 5.74) is 0. The fourth-order valence-corrected chi connectivity index (χ4v) is 1.69. The van der Waals surface area contributed by atoms with Gasteiger partial charge >= 0.3 is 0 Å². The van der Waals surface area contributed by atoms with Gasteiger partial charge in [-0.05, 0) is 18.6 Å². The van der Waals surface area contributed by atoms with Gasteiger partial charge in [0.1, 0.15) is 0 Å². The Balaban J connectivity index is 3.05. The zero-order valence-electron chi connectivity index (χ0n) is 6.92. The van der Waals surface area contributed by atoms with Crippen LogP contribution in [0.15, 0.2) is 0 Å². The van der Waals surface area contributed by atoms with Crippen molar-refractivity contribution in [2.24, 2.45) is 0 Å². The average molecular weight is 173 g/mol. The standard InChI is InChI=1S/C8H15NOS/c1-8(4-6-10)11-7-3-2-5-9/h8,10H,2-4,6-7H2,1H3. The van der Waals surface area contributed by atoms with E-state index in [0.29, 0.717) is 11.7 Å². The van der Waals surface area contributed by atoms with Crippen LogP contribution in [0, 0.1) is 11.3 Å². The predicted molar refractivity (Wildman–Crippen MR) is 48.5 cm³/mol. The van der Waals surface area contributed by atoms with E-state index in [1.165, 1.54) is 0 Å². The van der Waals surface area contributed by atoms with E-state index in [2.05, 4.69) is 13.0 Å². The van der Waals surface area contributed by atoms with Crippen molar-refractivity contribution in [2.45, 2.75) is 31.4 Å². The van der Waals surface area contributed by atoms with Gasteiger partial charge in [0.05, 0.1) is 6.07 Å². The van der Waals surface area contributed by atoms with Crippen molar-refractivity contribution in [3.05, 3.63) is 0 Å². The molecule has 0 saturated carbocycles. The molecule has 0 rings (SSSR count). The first-order valence-electron chi connectivity index (χ1n) is 3.90. The van der Waals surface area contributed by atoms with Crippen LogP contribution in [0.4, 0.5) is 0 Å². The highest BCUT2D eigenvalue weighted by atomic mass is 32.2. The van der Waals surface area contributed by atoms with Gasteiger partial charge in [-0.2, -0.15) is 17.0 Å². The van der Waals surface area contributed by atoms with Crippen LogP contribution < -0.4 is 0 Å². The Kier molecular flexibility index (Phi) is 7.76. The minimum absolute atomic E-state index is 0.270. The van der Waals surface area contributed by atoms with Crippen LogP contribution in [-0.4, -0.2) is 22.7 Å². The molecular weight excluding hydrogens is 158 g/mol. The second-order valence-electron chi connectivity index (χ2n) is 2.46. The maximum absolute atomic E-state index is 8.57. The maximum atomic E-state index is 8.57. The lowest BCUT2D eigenvalue weighted by Gasteiger charge is -2.07. The molecule has 11 heavy (non-hydrogen) atoms. The quantitative estimate of drug-likeness (QED) is 0.623. The summed E-state index contributed by atoms with van der Waals surface area (Å²) < 4.78 is 0. The molecule has 3 heteroatoms. The fourth-order valence-electron chi connectivity index (χ4n) is 0.701. The third-order valence-electron chi connectivity index (χ3n) is 1.37. The molecule has 0 radical (unpaired) electrons. The number of nitrogens with zero attached hydrogens (tertiary/aromatic N) is 1. The summed E-state index contributed by atoms with van der Waals surface area (Å²) in [5.74, 6) is 1.04. The molecule has 2 nitrogen and oxygen atoms in total. The molecule has 0 aliphatic heterocycles. The molecule has 1 unspecified atom stereocenters. The lowest BCUT2D eigenvalue weighted by Crippen LogP contribution is -2.00. The first-order chi connectivity index (χ1) is 5.31. The van der Waals surface area contributed by atoms with Crippen molar-refractivity contribution in [1.82, 2.24) is 0 Å². The van der Waals surface area contributed by atoms with E-state index >= 15 is 0 Å². The molecule has 0 aromatic rings. The average Bonchev–Trinajstić information content (AvgIpc) is 1.99. The molecule has 1 N–H and O–H groups in total. The molecule has 0 aliphatic rings. The van der Waals surface area contributed by atoms with Crippen molar-refractivity contribution in [1.29, 1.82) is 5.26 Å². The molecule has 0 saturated heterocycles. The van der Waals surface area contributed by atoms with Gasteiger partial charge in [0.15, 0.2) is 0 Å². The monoisotopic (exact) mass is 173 g/mol. The molecule has 0 spiro atoms. The summed E-state index contributed by atoms with van der Waals surface area (Å²) in [5, 5.41) is 17.3. The Morgan fingerprint density at radius 1 is 1.64 bits per heavy atom. The first-order valence-corrected chi connectivity index (χ1v) is 4.95. The highest BCUT2D eigenvalue weighted by molar-refractivity contribution is 7.99. The van der Waals surface area contributed by atoms with E-state index in [1.807, 2.05) is 11.8 Å². The van der Waals surface area contributed by atoms with Gasteiger partial charge in [-0.1, -0.05) is 6.92 Å². The highest BCUT2D eigenvalue weighted by Crippen LogP contribution is 2.14. The molecule has 0 aromatic heterocycles. The summed E-state index contributed by atoms with van der Waals surface area (Å²) >= 11 is 1.83. The van der Waals surface area contributed by atoms with Gasteiger partial charge in [-0.15, -0.1) is 0 Å². The van der Waals surface area contributed by atoms with Gasteiger partial charge in [0.25, 0.3) is 0 Å². The van der Waals surface area contributed by atoms with E-state index in [4.69, 9.17) is 10.4 Å². The normalized spacial score (nSPS) is 12.5. The third-order valence-corrected chi connectivity index (χ3v) is 2.70. The number of nitriles is 1. The Labute approximate surface area is 72.6 Å². The molecule has 64 valence electrons. The number of thioether (sulfide) groups is 1. The van der Waals surface area contributed by atoms with Gasteiger partial charge in [0, 0.05) is 18.3 Å². The Bertz CT molecular complexity index is 122. The summed E-state index contributed by atoms with van der Waals surface area (Å²) in [7, 11) is 0. The van der Waals surface area contributed by atoms with Crippen LogP contribution in [0.5, 0.6) is 0 Å². The summed E-state index contributed by atoms with van der Waals surface area (Å²) in [6.07, 6.45) is 2.48. The molecule has 0 amide bonds. The Morgan fingerprint density at radius 2 is 2.36 bits per heavy atom. The van der Waals surface area contributed by atoms with Crippen molar-refractivity contribution >= 4 is 11.8 Å². The fraction of sp³-hybridized carbons (Fsp3) is 0.875. The molecular formula is C8H15NOS. The Hall–Kier alpha value is -0.200. The van der Waals surface area contributed by atoms with Gasteiger partial charge < -0.3 is 5.11 Å². The predicted octanol–water partition coefficient (Wildman–Crippen LogP) is 1.79. The number of hydrogen-bond acceptors (Lipinski definition) is 3. The number of rotatable bonds is 6. The van der Waals surface area contributed by atoms with Crippen LogP contribution in [0.2, 0.25) is 0 Å². The molecule has 0 heterocycles. The van der Waals surface area contributed by atoms with Gasteiger partial charge in [0.2, 0.25) is 0 Å². The molecule has 0 aromatic carbocycles. The van der Waals surface area contributed by atoms with Crippen LogP contribution in [-0.2, 0) is 0 Å². The second-order valence-corrected chi connectivity index (χ2v) is 4.00. The lowest BCUT2D eigenvalue weighted by molar-refractivity contribution is 0.289. The number of aliphatic hydroxyl groups excluding tert-OH is 1. The molecule has 0 bridgehead atoms. The van der Waals surface area contributed by atoms with E-state index in [0.717, 1.165) is 18.6 Å². The van der Waals surface area contributed by atoms with E-state index in [9.17, 15) is 0 Å². The summed E-state index contributed by atoms with van der Waals surface area (Å²) in [4.78, 5) is 0. The zero-order valence-corrected chi connectivity index (χ0v) is 7.73. The van der Waals surface area contributed by atoms with Crippen LogP contribution >= 0.6 is 11.8 Å². The number of hydrogen-bond donors (Lipinski definition) is 1. The number of unbranched alkanes of at least 4 members (excludes halogenated alkanes) is 1. The largest absolute Gasteiger partial charge is 0.396 e.